The quantitative estimate of drug-likeness (QED) is 0.230. The third kappa shape index (κ3) is 2.69. The van der Waals surface area contributed by atoms with Gasteiger partial charge < -0.3 is 0 Å². The highest BCUT2D eigenvalue weighted by atomic mass is 79.9. The lowest BCUT2D eigenvalue weighted by atomic mass is 9.60. The van der Waals surface area contributed by atoms with Gasteiger partial charge in [-0.3, -0.25) is 0 Å². The Bertz CT molecular complexity index is 1480. The van der Waals surface area contributed by atoms with E-state index in [1.54, 1.807) is 0 Å². The Kier molecular flexibility index (Phi) is 4.22. The van der Waals surface area contributed by atoms with Crippen LogP contribution in [0.1, 0.15) is 45.2 Å². The molecule has 0 N–H and O–H groups in total. The fourth-order valence-electron chi connectivity index (χ4n) is 6.07. The van der Waals surface area contributed by atoms with Crippen LogP contribution >= 0.6 is 15.9 Å². The van der Waals surface area contributed by atoms with Gasteiger partial charge in [-0.2, -0.15) is 0 Å². The molecule has 0 unspecified atom stereocenters. The molecule has 0 atom stereocenters. The van der Waals surface area contributed by atoms with Gasteiger partial charge in [0.05, 0.1) is 0 Å². The first-order valence-corrected chi connectivity index (χ1v) is 12.3. The highest BCUT2D eigenvalue weighted by Crippen LogP contribution is 2.59. The fraction of sp³-hybridized carbons (Fsp3) is 0.0625. The zero-order valence-electron chi connectivity index (χ0n) is 18.0. The molecule has 5 aromatic rings. The molecule has 0 nitrogen and oxygen atoms in total. The van der Waals surface area contributed by atoms with Crippen molar-refractivity contribution in [3.05, 3.63) is 153 Å². The van der Waals surface area contributed by atoms with Gasteiger partial charge in [-0.05, 0) is 61.7 Å². The van der Waals surface area contributed by atoms with Gasteiger partial charge in [0, 0.05) is 16.3 Å². The van der Waals surface area contributed by atoms with E-state index >= 15 is 0 Å². The van der Waals surface area contributed by atoms with Crippen LogP contribution in [0, 0.1) is 0 Å². The molecule has 2 bridgehead atoms. The van der Waals surface area contributed by atoms with Crippen molar-refractivity contribution in [2.24, 2.45) is 0 Å². The minimum Gasteiger partial charge on any atom is -0.0622 e. The van der Waals surface area contributed by atoms with Gasteiger partial charge in [-0.15, -0.1) is 0 Å². The Labute approximate surface area is 202 Å². The Morgan fingerprint density at radius 2 is 0.879 bits per heavy atom. The van der Waals surface area contributed by atoms with Crippen molar-refractivity contribution in [2.45, 2.75) is 11.8 Å². The van der Waals surface area contributed by atoms with Crippen molar-refractivity contribution in [1.29, 1.82) is 0 Å². The molecule has 0 saturated carbocycles. The Balaban J connectivity index is 1.56. The highest BCUT2D eigenvalue weighted by molar-refractivity contribution is 9.10. The highest BCUT2D eigenvalue weighted by Gasteiger charge is 2.43. The summed E-state index contributed by atoms with van der Waals surface area (Å²) in [5, 5.41) is 0. The first-order chi connectivity index (χ1) is 16.3. The van der Waals surface area contributed by atoms with Crippen molar-refractivity contribution in [1.82, 2.24) is 0 Å². The van der Waals surface area contributed by atoms with E-state index in [1.807, 2.05) is 0 Å². The van der Waals surface area contributed by atoms with Crippen LogP contribution in [0.4, 0.5) is 0 Å². The number of rotatable bonds is 2. The average molecular weight is 485 g/mol. The SMILES string of the molecule is Brc1ccc(-c2ccccc2-c2ccccc2)c2c1C1c3ccccc3C2c2ccccc21. The fourth-order valence-corrected chi connectivity index (χ4v) is 6.64. The average Bonchev–Trinajstić information content (AvgIpc) is 2.89. The lowest BCUT2D eigenvalue weighted by molar-refractivity contribution is 0.752. The Morgan fingerprint density at radius 1 is 0.394 bits per heavy atom. The minimum absolute atomic E-state index is 0.244. The molecule has 0 saturated heterocycles. The van der Waals surface area contributed by atoms with E-state index in [9.17, 15) is 0 Å². The minimum atomic E-state index is 0.244. The monoisotopic (exact) mass is 484 g/mol. The second-order valence-corrected chi connectivity index (χ2v) is 9.81. The molecule has 0 fully saturated rings. The van der Waals surface area contributed by atoms with Crippen molar-refractivity contribution in [3.63, 3.8) is 0 Å². The summed E-state index contributed by atoms with van der Waals surface area (Å²) in [4.78, 5) is 0. The summed E-state index contributed by atoms with van der Waals surface area (Å²) < 4.78 is 1.21. The molecule has 0 amide bonds. The molecule has 156 valence electrons. The molecule has 0 heterocycles. The van der Waals surface area contributed by atoms with Crippen molar-refractivity contribution in [3.8, 4) is 22.3 Å². The van der Waals surface area contributed by atoms with Crippen LogP contribution in [-0.2, 0) is 0 Å². The molecule has 1 heteroatoms. The van der Waals surface area contributed by atoms with Gasteiger partial charge in [-0.25, -0.2) is 0 Å². The second kappa shape index (κ2) is 7.30. The molecule has 3 aliphatic rings. The van der Waals surface area contributed by atoms with E-state index in [-0.39, 0.29) is 11.8 Å². The van der Waals surface area contributed by atoms with Gasteiger partial charge in [-0.1, -0.05) is 125 Å². The molecule has 0 aromatic heterocycles. The van der Waals surface area contributed by atoms with Crippen molar-refractivity contribution in [2.75, 3.05) is 0 Å². The lowest BCUT2D eigenvalue weighted by Gasteiger charge is -2.43. The van der Waals surface area contributed by atoms with Gasteiger partial charge in [0.1, 0.15) is 0 Å². The molecule has 0 radical (unpaired) electrons. The van der Waals surface area contributed by atoms with Crippen LogP contribution < -0.4 is 0 Å². The molecule has 0 aliphatic heterocycles. The van der Waals surface area contributed by atoms with E-state index in [0.29, 0.717) is 0 Å². The maximum Gasteiger partial charge on any atom is 0.0360 e. The summed E-state index contributed by atoms with van der Waals surface area (Å²) >= 11 is 3.96. The Hall–Kier alpha value is -3.42. The van der Waals surface area contributed by atoms with Crippen molar-refractivity contribution >= 4 is 15.9 Å². The van der Waals surface area contributed by atoms with Crippen LogP contribution in [-0.4, -0.2) is 0 Å². The van der Waals surface area contributed by atoms with E-state index < -0.39 is 0 Å². The summed E-state index contributed by atoms with van der Waals surface area (Å²) in [5.74, 6) is 0.504. The third-order valence-electron chi connectivity index (χ3n) is 7.35. The third-order valence-corrected chi connectivity index (χ3v) is 8.04. The lowest BCUT2D eigenvalue weighted by Crippen LogP contribution is -2.28. The zero-order valence-corrected chi connectivity index (χ0v) is 19.6. The van der Waals surface area contributed by atoms with E-state index in [4.69, 9.17) is 0 Å². The molecule has 3 aliphatic carbocycles. The predicted octanol–water partition coefficient (Wildman–Crippen LogP) is 8.77. The number of halogens is 1. The second-order valence-electron chi connectivity index (χ2n) is 8.96. The number of hydrogen-bond donors (Lipinski definition) is 0. The molecule has 0 spiro atoms. The van der Waals surface area contributed by atoms with Gasteiger partial charge in [0.2, 0.25) is 0 Å². The zero-order chi connectivity index (χ0) is 21.9. The number of hydrogen-bond acceptors (Lipinski definition) is 0. The first-order valence-electron chi connectivity index (χ1n) is 11.5. The van der Waals surface area contributed by atoms with Gasteiger partial charge >= 0.3 is 0 Å². The maximum absolute atomic E-state index is 3.96. The Morgan fingerprint density at radius 3 is 1.48 bits per heavy atom. The van der Waals surface area contributed by atoms with Crippen molar-refractivity contribution < 1.29 is 0 Å². The summed E-state index contributed by atoms with van der Waals surface area (Å²) in [6, 6.07) is 42.2. The predicted molar refractivity (Wildman–Crippen MR) is 140 cm³/mol. The summed E-state index contributed by atoms with van der Waals surface area (Å²) in [7, 11) is 0. The van der Waals surface area contributed by atoms with E-state index in [1.165, 1.54) is 60.1 Å². The van der Waals surface area contributed by atoms with Crippen LogP contribution in [0.5, 0.6) is 0 Å². The summed E-state index contributed by atoms with van der Waals surface area (Å²) in [6.07, 6.45) is 0. The van der Waals surface area contributed by atoms with Crippen LogP contribution in [0.15, 0.2) is 120 Å². The molecule has 8 rings (SSSR count). The smallest absolute Gasteiger partial charge is 0.0360 e. The normalized spacial score (nSPS) is 17.2. The van der Waals surface area contributed by atoms with Crippen LogP contribution in [0.3, 0.4) is 0 Å². The standard InChI is InChI=1S/C32H21Br/c33-28-19-18-27(22-13-5-4-12-21(22)20-10-2-1-3-11-20)31-29-23-14-6-8-16-25(23)30(32(28)31)26-17-9-7-15-24(26)29/h1-19,29-30H. The molecular weight excluding hydrogens is 464 g/mol. The van der Waals surface area contributed by atoms with Gasteiger partial charge in [0.15, 0.2) is 0 Å². The summed E-state index contributed by atoms with van der Waals surface area (Å²) in [6.45, 7) is 0. The maximum atomic E-state index is 3.96. The number of benzene rings is 5. The van der Waals surface area contributed by atoms with E-state index in [0.717, 1.165) is 0 Å². The van der Waals surface area contributed by atoms with Gasteiger partial charge in [0.25, 0.3) is 0 Å². The topological polar surface area (TPSA) is 0 Å². The molecular formula is C32H21Br. The van der Waals surface area contributed by atoms with Crippen LogP contribution in [0.2, 0.25) is 0 Å². The molecule has 33 heavy (non-hydrogen) atoms. The van der Waals surface area contributed by atoms with Crippen LogP contribution in [0.25, 0.3) is 22.3 Å². The first kappa shape index (κ1) is 19.1. The summed E-state index contributed by atoms with van der Waals surface area (Å²) in [5.41, 5.74) is 13.9. The van der Waals surface area contributed by atoms with E-state index in [2.05, 4.69) is 131 Å². The molecule has 5 aromatic carbocycles. The largest absolute Gasteiger partial charge is 0.0622 e.